The van der Waals surface area contributed by atoms with Gasteiger partial charge in [-0.15, -0.1) is 0 Å². The number of hydrogen-bond acceptors (Lipinski definition) is 4. The number of fused-ring (bicyclic) bond motifs is 1. The molecule has 3 aromatic rings. The average molecular weight is 481 g/mol. The predicted molar refractivity (Wildman–Crippen MR) is 117 cm³/mol. The zero-order valence-electron chi connectivity index (χ0n) is 16.4. The fourth-order valence-electron chi connectivity index (χ4n) is 3.52. The maximum absolute atomic E-state index is 13.4. The molecule has 1 aromatic heterocycles. The van der Waals surface area contributed by atoms with Crippen LogP contribution >= 0.6 is 23.4 Å². The Balaban J connectivity index is 1.63. The summed E-state index contributed by atoms with van der Waals surface area (Å²) in [6.45, 7) is -0.363. The molecule has 2 heterocycles. The van der Waals surface area contributed by atoms with E-state index in [2.05, 4.69) is 0 Å². The first-order valence-corrected chi connectivity index (χ1v) is 10.7. The number of carbonyl (C=O) groups excluding carboxylic acids is 2. The molecule has 0 spiro atoms. The van der Waals surface area contributed by atoms with Crippen molar-refractivity contribution in [1.82, 2.24) is 9.47 Å². The highest BCUT2D eigenvalue weighted by atomic mass is 35.5. The van der Waals surface area contributed by atoms with Crippen LogP contribution in [0.1, 0.15) is 16.7 Å². The maximum Gasteiger partial charge on any atom is 0.416 e. The molecular formula is C22H16ClF3N2O3S. The molecule has 10 heteroatoms. The predicted octanol–water partition coefficient (Wildman–Crippen LogP) is 5.39. The molecule has 0 atom stereocenters. The Morgan fingerprint density at radius 2 is 1.88 bits per heavy atom. The van der Waals surface area contributed by atoms with E-state index in [9.17, 15) is 22.8 Å². The van der Waals surface area contributed by atoms with E-state index >= 15 is 0 Å². The smallest absolute Gasteiger partial charge is 0.395 e. The van der Waals surface area contributed by atoms with Crippen molar-refractivity contribution < 1.29 is 27.9 Å². The van der Waals surface area contributed by atoms with E-state index in [-0.39, 0.29) is 35.2 Å². The molecule has 0 aliphatic carbocycles. The minimum atomic E-state index is -4.52. The van der Waals surface area contributed by atoms with E-state index in [0.29, 0.717) is 5.56 Å². The largest absolute Gasteiger partial charge is 0.416 e. The number of benzene rings is 2. The molecule has 5 nitrogen and oxygen atoms in total. The number of aliphatic hydroxyl groups is 1. The number of amides is 2. The van der Waals surface area contributed by atoms with E-state index in [4.69, 9.17) is 16.7 Å². The lowest BCUT2D eigenvalue weighted by Crippen LogP contribution is -2.30. The fourth-order valence-corrected chi connectivity index (χ4v) is 4.56. The first kappa shape index (κ1) is 22.4. The van der Waals surface area contributed by atoms with Gasteiger partial charge in [0.25, 0.3) is 11.1 Å². The number of carbonyl (C=O) groups is 2. The van der Waals surface area contributed by atoms with Crippen molar-refractivity contribution in [2.24, 2.45) is 0 Å². The van der Waals surface area contributed by atoms with E-state index < -0.39 is 22.9 Å². The van der Waals surface area contributed by atoms with E-state index in [1.165, 1.54) is 12.1 Å². The van der Waals surface area contributed by atoms with Gasteiger partial charge in [0.1, 0.15) is 0 Å². The van der Waals surface area contributed by atoms with Crippen molar-refractivity contribution >= 4 is 51.5 Å². The minimum Gasteiger partial charge on any atom is -0.395 e. The first-order valence-electron chi connectivity index (χ1n) is 9.48. The average Bonchev–Trinajstić information content (AvgIpc) is 3.24. The normalized spacial score (nSPS) is 16.0. The molecule has 2 amide bonds. The highest BCUT2D eigenvalue weighted by Crippen LogP contribution is 2.35. The van der Waals surface area contributed by atoms with Gasteiger partial charge in [-0.25, -0.2) is 0 Å². The van der Waals surface area contributed by atoms with Crippen LogP contribution in [-0.2, 0) is 17.5 Å². The van der Waals surface area contributed by atoms with Crippen LogP contribution in [0.25, 0.3) is 17.0 Å². The summed E-state index contributed by atoms with van der Waals surface area (Å²) in [7, 11) is 0. The summed E-state index contributed by atoms with van der Waals surface area (Å²) in [5.41, 5.74) is 0.717. The molecule has 4 rings (SSSR count). The third-order valence-corrected chi connectivity index (χ3v) is 6.15. The van der Waals surface area contributed by atoms with Gasteiger partial charge in [-0.2, -0.15) is 13.2 Å². The van der Waals surface area contributed by atoms with Gasteiger partial charge in [-0.3, -0.25) is 14.5 Å². The molecule has 1 N–H and O–H groups in total. The van der Waals surface area contributed by atoms with Crippen molar-refractivity contribution in [3.05, 3.63) is 75.3 Å². The lowest BCUT2D eigenvalue weighted by atomic mass is 10.1. The number of hydrogen-bond donors (Lipinski definition) is 1. The summed E-state index contributed by atoms with van der Waals surface area (Å²) in [4.78, 5) is 25.5. The van der Waals surface area contributed by atoms with Gasteiger partial charge in [0, 0.05) is 28.7 Å². The summed E-state index contributed by atoms with van der Waals surface area (Å²) in [6, 6.07) is 10.8. The Hall–Kier alpha value is -2.75. The summed E-state index contributed by atoms with van der Waals surface area (Å²) in [5, 5.41) is 9.35. The fraction of sp³-hybridized carbons (Fsp3) is 0.182. The van der Waals surface area contributed by atoms with Crippen LogP contribution in [-0.4, -0.2) is 38.9 Å². The highest BCUT2D eigenvalue weighted by Gasteiger charge is 2.35. The van der Waals surface area contributed by atoms with Gasteiger partial charge in [0.2, 0.25) is 0 Å². The van der Waals surface area contributed by atoms with Gasteiger partial charge in [0.05, 0.1) is 23.6 Å². The van der Waals surface area contributed by atoms with Crippen molar-refractivity contribution in [3.8, 4) is 0 Å². The number of imide groups is 1. The number of aromatic nitrogens is 1. The third kappa shape index (κ3) is 4.41. The summed E-state index contributed by atoms with van der Waals surface area (Å²) >= 11 is 6.56. The Kier molecular flexibility index (Phi) is 6.07. The van der Waals surface area contributed by atoms with Gasteiger partial charge >= 0.3 is 6.18 Å². The summed E-state index contributed by atoms with van der Waals surface area (Å²) in [6.07, 6.45) is -1.24. The Morgan fingerprint density at radius 1 is 1.09 bits per heavy atom. The summed E-state index contributed by atoms with van der Waals surface area (Å²) in [5.74, 6) is -0.464. The highest BCUT2D eigenvalue weighted by molar-refractivity contribution is 8.18. The molecule has 1 fully saturated rings. The van der Waals surface area contributed by atoms with Crippen molar-refractivity contribution in [1.29, 1.82) is 0 Å². The van der Waals surface area contributed by atoms with Crippen LogP contribution in [0.5, 0.6) is 0 Å². The van der Waals surface area contributed by atoms with E-state index in [0.717, 1.165) is 33.6 Å². The third-order valence-electron chi connectivity index (χ3n) is 5.01. The van der Waals surface area contributed by atoms with Crippen LogP contribution in [0.2, 0.25) is 5.02 Å². The van der Waals surface area contributed by atoms with Gasteiger partial charge < -0.3 is 9.67 Å². The van der Waals surface area contributed by atoms with Crippen molar-refractivity contribution in [2.75, 3.05) is 13.2 Å². The number of thioether (sulfide) groups is 1. The van der Waals surface area contributed by atoms with Crippen LogP contribution in [0.3, 0.4) is 0 Å². The number of β-amino-alcohol motifs (C(OH)–C–C–N with tert-alkyl or cyclic N) is 1. The molecule has 1 aliphatic heterocycles. The molecule has 166 valence electrons. The van der Waals surface area contributed by atoms with Gasteiger partial charge in [0.15, 0.2) is 0 Å². The topological polar surface area (TPSA) is 62.5 Å². The second kappa shape index (κ2) is 8.65. The van der Waals surface area contributed by atoms with Crippen molar-refractivity contribution in [3.63, 3.8) is 0 Å². The van der Waals surface area contributed by atoms with Crippen LogP contribution in [0.15, 0.2) is 53.6 Å². The van der Waals surface area contributed by atoms with Crippen LogP contribution < -0.4 is 0 Å². The lowest BCUT2D eigenvalue weighted by Gasteiger charge is -2.14. The lowest BCUT2D eigenvalue weighted by molar-refractivity contribution is -0.138. The second-order valence-electron chi connectivity index (χ2n) is 7.12. The first-order chi connectivity index (χ1) is 15.2. The summed E-state index contributed by atoms with van der Waals surface area (Å²) < 4.78 is 41.9. The Morgan fingerprint density at radius 3 is 2.59 bits per heavy atom. The van der Waals surface area contributed by atoms with Crippen LogP contribution in [0, 0.1) is 0 Å². The molecule has 1 aliphatic rings. The molecular weight excluding hydrogens is 465 g/mol. The number of halogens is 4. The number of rotatable bonds is 5. The number of aliphatic hydroxyl groups excluding tert-OH is 1. The Labute approximate surface area is 190 Å². The molecule has 0 bridgehead atoms. The number of alkyl halides is 3. The van der Waals surface area contributed by atoms with E-state index in [1.807, 2.05) is 0 Å². The van der Waals surface area contributed by atoms with Gasteiger partial charge in [-0.1, -0.05) is 23.7 Å². The zero-order valence-corrected chi connectivity index (χ0v) is 18.0. The molecule has 2 aromatic carbocycles. The standard InChI is InChI=1S/C22H16ClF3N2O3S/c23-16-3-2-15(17(11-16)22(24,25)26)12-27-6-5-14-9-13(1-4-18(14)27)10-19-20(30)28(7-8-29)21(31)32-19/h1-6,9-11,29H,7-8,12H2/b19-10-. The quantitative estimate of drug-likeness (QED) is 0.497. The molecule has 0 unspecified atom stereocenters. The zero-order chi connectivity index (χ0) is 23.0. The molecule has 1 saturated heterocycles. The second-order valence-corrected chi connectivity index (χ2v) is 8.55. The monoisotopic (exact) mass is 480 g/mol. The van der Waals surface area contributed by atoms with Gasteiger partial charge in [-0.05, 0) is 59.3 Å². The molecule has 0 radical (unpaired) electrons. The number of nitrogens with zero attached hydrogens (tertiary/aromatic N) is 2. The maximum atomic E-state index is 13.4. The SMILES string of the molecule is O=C1S/C(=C\c2ccc3c(ccn3Cc3ccc(Cl)cc3C(F)(F)F)c2)C(=O)N1CCO. The molecule has 0 saturated carbocycles. The van der Waals surface area contributed by atoms with Crippen molar-refractivity contribution in [2.45, 2.75) is 12.7 Å². The molecule has 32 heavy (non-hydrogen) atoms. The van der Waals surface area contributed by atoms with E-state index in [1.54, 1.807) is 41.1 Å². The van der Waals surface area contributed by atoms with Crippen LogP contribution in [0.4, 0.5) is 18.0 Å². The Bertz CT molecular complexity index is 1250. The minimum absolute atomic E-state index is 0.00884.